The number of rotatable bonds is 2. The Hall–Kier alpha value is -1.04. The lowest BCUT2D eigenvalue weighted by Crippen LogP contribution is -2.23. The average Bonchev–Trinajstić information content (AvgIpc) is 2.36. The molecule has 0 bridgehead atoms. The Bertz CT molecular complexity index is 248. The summed E-state index contributed by atoms with van der Waals surface area (Å²) in [6.45, 7) is -1.25. The van der Waals surface area contributed by atoms with Crippen LogP contribution < -0.4 is 0 Å². The Morgan fingerprint density at radius 1 is 1.73 bits per heavy atom. The van der Waals surface area contributed by atoms with Crippen LogP contribution in [0.25, 0.3) is 0 Å². The number of aliphatic hydroxyl groups is 1. The summed E-state index contributed by atoms with van der Waals surface area (Å²) in [6.07, 6.45) is 1.01. The van der Waals surface area contributed by atoms with Crippen molar-refractivity contribution in [2.24, 2.45) is 7.05 Å². The number of aromatic nitrogens is 3. The lowest BCUT2D eigenvalue weighted by atomic mass is 10.3. The maximum atomic E-state index is 12.6. The second-order valence-corrected chi connectivity index (χ2v) is 2.07. The fourth-order valence-electron chi connectivity index (χ4n) is 0.698. The molecule has 0 unspecified atom stereocenters. The number of aryl methyl sites for hydroxylation is 1. The number of alkyl halides is 2. The van der Waals surface area contributed by atoms with Gasteiger partial charge in [-0.05, 0) is 0 Å². The van der Waals surface area contributed by atoms with Crippen molar-refractivity contribution in [3.63, 3.8) is 0 Å². The third kappa shape index (κ3) is 1.35. The summed E-state index contributed by atoms with van der Waals surface area (Å²) >= 11 is 0. The molecule has 0 fully saturated rings. The van der Waals surface area contributed by atoms with Crippen molar-refractivity contribution in [3.8, 4) is 0 Å². The van der Waals surface area contributed by atoms with Crippen molar-refractivity contribution in [3.05, 3.63) is 12.2 Å². The molecule has 11 heavy (non-hydrogen) atoms. The molecule has 1 aromatic rings. The largest absolute Gasteiger partial charge is 0.390 e. The molecule has 0 aliphatic heterocycles. The second kappa shape index (κ2) is 2.54. The van der Waals surface area contributed by atoms with Crippen LogP contribution in [0.2, 0.25) is 0 Å². The van der Waals surface area contributed by atoms with E-state index in [0.717, 1.165) is 11.0 Å². The fourth-order valence-corrected chi connectivity index (χ4v) is 0.698. The van der Waals surface area contributed by atoms with Crippen molar-refractivity contribution in [1.82, 2.24) is 14.8 Å². The number of halogens is 2. The zero-order valence-electron chi connectivity index (χ0n) is 5.83. The van der Waals surface area contributed by atoms with Gasteiger partial charge in [0.1, 0.15) is 12.9 Å². The van der Waals surface area contributed by atoms with Gasteiger partial charge in [0.25, 0.3) is 0 Å². The van der Waals surface area contributed by atoms with Crippen molar-refractivity contribution in [1.29, 1.82) is 0 Å². The summed E-state index contributed by atoms with van der Waals surface area (Å²) in [5.74, 6) is -3.83. The lowest BCUT2D eigenvalue weighted by Gasteiger charge is -2.10. The van der Waals surface area contributed by atoms with E-state index in [0.29, 0.717) is 0 Å². The Balaban J connectivity index is 3.00. The van der Waals surface area contributed by atoms with Crippen LogP contribution in [0, 0.1) is 0 Å². The summed E-state index contributed by atoms with van der Waals surface area (Å²) in [5, 5.41) is 11.7. The van der Waals surface area contributed by atoms with Crippen molar-refractivity contribution < 1.29 is 13.9 Å². The first-order valence-corrected chi connectivity index (χ1v) is 2.91. The molecular weight excluding hydrogens is 156 g/mol. The van der Waals surface area contributed by atoms with Gasteiger partial charge >= 0.3 is 5.92 Å². The molecule has 1 aromatic heterocycles. The van der Waals surface area contributed by atoms with Gasteiger partial charge in [-0.2, -0.15) is 13.9 Å². The Morgan fingerprint density at radius 3 is 2.73 bits per heavy atom. The second-order valence-electron chi connectivity index (χ2n) is 2.07. The first-order valence-electron chi connectivity index (χ1n) is 2.91. The summed E-state index contributed by atoms with van der Waals surface area (Å²) in [4.78, 5) is 3.30. The summed E-state index contributed by atoms with van der Waals surface area (Å²) in [6, 6.07) is 0. The number of nitrogens with zero attached hydrogens (tertiary/aromatic N) is 3. The highest BCUT2D eigenvalue weighted by molar-refractivity contribution is 4.94. The van der Waals surface area contributed by atoms with E-state index in [4.69, 9.17) is 5.11 Å². The van der Waals surface area contributed by atoms with E-state index in [-0.39, 0.29) is 0 Å². The maximum Gasteiger partial charge on any atom is 0.328 e. The predicted octanol–water partition coefficient (Wildman–Crippen LogP) is -0.101. The Morgan fingerprint density at radius 2 is 2.36 bits per heavy atom. The van der Waals surface area contributed by atoms with Crippen LogP contribution in [0.4, 0.5) is 8.78 Å². The predicted molar refractivity (Wildman–Crippen MR) is 32.0 cm³/mol. The molecule has 4 nitrogen and oxygen atoms in total. The molecule has 0 aromatic carbocycles. The zero-order valence-corrected chi connectivity index (χ0v) is 5.83. The number of aliphatic hydroxyl groups excluding tert-OH is 1. The van der Waals surface area contributed by atoms with Gasteiger partial charge in [0.2, 0.25) is 0 Å². The molecule has 0 saturated carbocycles. The summed E-state index contributed by atoms with van der Waals surface area (Å²) < 4.78 is 26.1. The molecule has 62 valence electrons. The van der Waals surface area contributed by atoms with E-state index in [1.807, 2.05) is 0 Å². The third-order valence-electron chi connectivity index (χ3n) is 1.24. The van der Waals surface area contributed by atoms with E-state index < -0.39 is 18.4 Å². The molecule has 6 heteroatoms. The first kappa shape index (κ1) is 8.06. The molecular formula is C5H7F2N3O. The van der Waals surface area contributed by atoms with E-state index >= 15 is 0 Å². The van der Waals surface area contributed by atoms with Crippen LogP contribution >= 0.6 is 0 Å². The number of hydrogen-bond donors (Lipinski definition) is 1. The standard InChI is InChI=1S/C5H7F2N3O/c1-10-4(8-3-9-10)5(6,7)2-11/h3,11H,2H2,1H3. The van der Waals surface area contributed by atoms with E-state index in [1.54, 1.807) is 0 Å². The van der Waals surface area contributed by atoms with Crippen LogP contribution in [0.1, 0.15) is 5.82 Å². The molecule has 0 atom stereocenters. The first-order chi connectivity index (χ1) is 5.08. The van der Waals surface area contributed by atoms with Gasteiger partial charge in [-0.25, -0.2) is 9.67 Å². The molecule has 1 heterocycles. The molecule has 1 N–H and O–H groups in total. The zero-order chi connectivity index (χ0) is 8.48. The van der Waals surface area contributed by atoms with Crippen LogP contribution in [-0.4, -0.2) is 26.5 Å². The van der Waals surface area contributed by atoms with Crippen LogP contribution in [-0.2, 0) is 13.0 Å². The van der Waals surface area contributed by atoms with Gasteiger partial charge in [0, 0.05) is 7.05 Å². The maximum absolute atomic E-state index is 12.6. The monoisotopic (exact) mass is 163 g/mol. The van der Waals surface area contributed by atoms with Gasteiger partial charge in [-0.15, -0.1) is 0 Å². The van der Waals surface area contributed by atoms with E-state index in [9.17, 15) is 8.78 Å². The molecule has 0 aliphatic carbocycles. The smallest absolute Gasteiger partial charge is 0.328 e. The molecule has 1 rings (SSSR count). The van der Waals surface area contributed by atoms with Crippen molar-refractivity contribution in [2.75, 3.05) is 6.61 Å². The normalized spacial score (nSPS) is 12.0. The van der Waals surface area contributed by atoms with Crippen LogP contribution in [0.5, 0.6) is 0 Å². The van der Waals surface area contributed by atoms with E-state index in [1.165, 1.54) is 7.05 Å². The third-order valence-corrected chi connectivity index (χ3v) is 1.24. The van der Waals surface area contributed by atoms with Crippen molar-refractivity contribution >= 4 is 0 Å². The minimum absolute atomic E-state index is 0.528. The molecule has 0 amide bonds. The highest BCUT2D eigenvalue weighted by atomic mass is 19.3. The van der Waals surface area contributed by atoms with Crippen LogP contribution in [0.3, 0.4) is 0 Å². The quantitative estimate of drug-likeness (QED) is 0.662. The summed E-state index contributed by atoms with van der Waals surface area (Å²) in [7, 11) is 1.34. The SMILES string of the molecule is Cn1ncnc1C(F)(F)CO. The Kier molecular flexibility index (Phi) is 1.86. The van der Waals surface area contributed by atoms with E-state index in [2.05, 4.69) is 10.1 Å². The topological polar surface area (TPSA) is 50.9 Å². The highest BCUT2D eigenvalue weighted by Crippen LogP contribution is 2.23. The fraction of sp³-hybridized carbons (Fsp3) is 0.600. The van der Waals surface area contributed by atoms with Gasteiger partial charge < -0.3 is 5.11 Å². The van der Waals surface area contributed by atoms with Gasteiger partial charge in [-0.1, -0.05) is 0 Å². The highest BCUT2D eigenvalue weighted by Gasteiger charge is 2.35. The molecule has 0 spiro atoms. The molecule has 0 saturated heterocycles. The molecule has 0 radical (unpaired) electrons. The Labute approximate surface area is 61.5 Å². The minimum Gasteiger partial charge on any atom is -0.390 e. The van der Waals surface area contributed by atoms with Gasteiger partial charge in [-0.3, -0.25) is 0 Å². The summed E-state index contributed by atoms with van der Waals surface area (Å²) in [5.41, 5.74) is 0. The minimum atomic E-state index is -3.30. The molecule has 0 aliphatic rings. The van der Waals surface area contributed by atoms with Gasteiger partial charge in [0.15, 0.2) is 5.82 Å². The average molecular weight is 163 g/mol. The lowest BCUT2D eigenvalue weighted by molar-refractivity contribution is -0.0657. The number of hydrogen-bond acceptors (Lipinski definition) is 3. The van der Waals surface area contributed by atoms with Gasteiger partial charge in [0.05, 0.1) is 0 Å². The van der Waals surface area contributed by atoms with Crippen LogP contribution in [0.15, 0.2) is 6.33 Å². The van der Waals surface area contributed by atoms with Crippen molar-refractivity contribution in [2.45, 2.75) is 5.92 Å².